The number of allylic oxidation sites excluding steroid dienone is 1. The molecule has 1 atom stereocenters. The Morgan fingerprint density at radius 1 is 1.36 bits per heavy atom. The third kappa shape index (κ3) is 6.60. The van der Waals surface area contributed by atoms with E-state index in [4.69, 9.17) is 4.42 Å². The van der Waals surface area contributed by atoms with Gasteiger partial charge in [0.2, 0.25) is 0 Å². The molecular weight excluding hydrogens is 350 g/mol. The molecular formula is C22H35N5O. The molecule has 0 radical (unpaired) electrons. The Kier molecular flexibility index (Phi) is 9.59. The fourth-order valence-corrected chi connectivity index (χ4v) is 2.78. The maximum absolute atomic E-state index is 5.36. The van der Waals surface area contributed by atoms with Gasteiger partial charge < -0.3 is 4.42 Å². The van der Waals surface area contributed by atoms with Gasteiger partial charge in [0, 0.05) is 12.1 Å². The average Bonchev–Trinajstić information content (AvgIpc) is 3.32. The summed E-state index contributed by atoms with van der Waals surface area (Å²) in [5.74, 6) is 0.807. The van der Waals surface area contributed by atoms with E-state index in [9.17, 15) is 0 Å². The van der Waals surface area contributed by atoms with Gasteiger partial charge in [0.05, 0.1) is 18.1 Å². The number of tetrazole rings is 1. The van der Waals surface area contributed by atoms with E-state index < -0.39 is 0 Å². The number of furan rings is 1. The molecule has 6 nitrogen and oxygen atoms in total. The molecule has 2 aromatic rings. The van der Waals surface area contributed by atoms with Gasteiger partial charge in [-0.1, -0.05) is 38.7 Å². The molecule has 2 rings (SSSR count). The second-order valence-corrected chi connectivity index (χ2v) is 7.67. The van der Waals surface area contributed by atoms with Gasteiger partial charge in [-0.3, -0.25) is 4.90 Å². The highest BCUT2D eigenvalue weighted by Gasteiger charge is 2.31. The van der Waals surface area contributed by atoms with Gasteiger partial charge in [-0.15, -0.1) is 11.7 Å². The molecule has 154 valence electrons. The summed E-state index contributed by atoms with van der Waals surface area (Å²) in [5, 5.41) is 12.5. The lowest BCUT2D eigenvalue weighted by molar-refractivity contribution is 0.214. The smallest absolute Gasteiger partial charge is 0.173 e. The fraction of sp³-hybridized carbons (Fsp3) is 0.500. The van der Waals surface area contributed by atoms with Crippen LogP contribution in [0.5, 0.6) is 0 Å². The van der Waals surface area contributed by atoms with Crippen LogP contribution in [0.3, 0.4) is 0 Å². The molecule has 0 amide bonds. The average molecular weight is 386 g/mol. The quantitative estimate of drug-likeness (QED) is 0.441. The monoisotopic (exact) mass is 385 g/mol. The van der Waals surface area contributed by atoms with Crippen LogP contribution in [0, 0.1) is 0 Å². The lowest BCUT2D eigenvalue weighted by Crippen LogP contribution is -2.36. The molecule has 0 saturated heterocycles. The SMILES string of the molecule is C=CC.C=CC(=C)CN(CCCC)C(c1ccoc1)c1nnnn1C(C)(C)C. The zero-order valence-corrected chi connectivity index (χ0v) is 18.1. The number of hydrogen-bond donors (Lipinski definition) is 0. The summed E-state index contributed by atoms with van der Waals surface area (Å²) in [6.07, 6.45) is 9.20. The highest BCUT2D eigenvalue weighted by atomic mass is 16.3. The van der Waals surface area contributed by atoms with Crippen LogP contribution in [0.15, 0.2) is 60.5 Å². The van der Waals surface area contributed by atoms with Crippen molar-refractivity contribution in [2.45, 2.75) is 59.0 Å². The van der Waals surface area contributed by atoms with Crippen molar-refractivity contribution in [3.63, 3.8) is 0 Å². The zero-order chi connectivity index (χ0) is 21.2. The minimum absolute atomic E-state index is 0.101. The van der Waals surface area contributed by atoms with E-state index >= 15 is 0 Å². The Hall–Kier alpha value is -2.47. The summed E-state index contributed by atoms with van der Waals surface area (Å²) >= 11 is 0. The van der Waals surface area contributed by atoms with E-state index in [1.54, 1.807) is 24.7 Å². The largest absolute Gasteiger partial charge is 0.472 e. The van der Waals surface area contributed by atoms with Gasteiger partial charge in [-0.05, 0) is 62.7 Å². The first kappa shape index (κ1) is 23.6. The number of aromatic nitrogens is 4. The first-order chi connectivity index (χ1) is 13.3. The Morgan fingerprint density at radius 3 is 2.54 bits per heavy atom. The summed E-state index contributed by atoms with van der Waals surface area (Å²) in [6.45, 7) is 23.3. The molecule has 0 aliphatic carbocycles. The molecule has 0 N–H and O–H groups in total. The lowest BCUT2D eigenvalue weighted by atomic mass is 10.0. The molecule has 0 aromatic carbocycles. The van der Waals surface area contributed by atoms with Crippen molar-refractivity contribution in [1.82, 2.24) is 25.1 Å². The first-order valence-electron chi connectivity index (χ1n) is 9.72. The van der Waals surface area contributed by atoms with Gasteiger partial charge in [0.25, 0.3) is 0 Å². The van der Waals surface area contributed by atoms with Crippen molar-refractivity contribution < 1.29 is 4.42 Å². The number of rotatable bonds is 9. The summed E-state index contributed by atoms with van der Waals surface area (Å²) < 4.78 is 7.25. The van der Waals surface area contributed by atoms with Crippen molar-refractivity contribution in [3.05, 3.63) is 67.4 Å². The fourth-order valence-electron chi connectivity index (χ4n) is 2.78. The van der Waals surface area contributed by atoms with E-state index in [0.29, 0.717) is 6.54 Å². The van der Waals surface area contributed by atoms with E-state index in [0.717, 1.165) is 36.3 Å². The van der Waals surface area contributed by atoms with Crippen LogP contribution in [0.1, 0.15) is 64.9 Å². The highest BCUT2D eigenvalue weighted by molar-refractivity contribution is 5.23. The second-order valence-electron chi connectivity index (χ2n) is 7.67. The van der Waals surface area contributed by atoms with Gasteiger partial charge >= 0.3 is 0 Å². The van der Waals surface area contributed by atoms with Crippen LogP contribution in [0.2, 0.25) is 0 Å². The van der Waals surface area contributed by atoms with Gasteiger partial charge in [-0.2, -0.15) is 0 Å². The van der Waals surface area contributed by atoms with Crippen molar-refractivity contribution in [1.29, 1.82) is 0 Å². The molecule has 0 spiro atoms. The third-order valence-corrected chi connectivity index (χ3v) is 4.09. The molecule has 2 aromatic heterocycles. The lowest BCUT2D eigenvalue weighted by Gasteiger charge is -2.32. The molecule has 6 heteroatoms. The molecule has 0 aliphatic rings. The van der Waals surface area contributed by atoms with E-state index in [2.05, 4.69) is 67.9 Å². The van der Waals surface area contributed by atoms with E-state index in [1.807, 2.05) is 17.7 Å². The molecule has 0 saturated carbocycles. The normalized spacial score (nSPS) is 12.2. The van der Waals surface area contributed by atoms with Crippen molar-refractivity contribution in [2.75, 3.05) is 13.1 Å². The van der Waals surface area contributed by atoms with E-state index in [1.165, 1.54) is 0 Å². The molecule has 2 heterocycles. The summed E-state index contributed by atoms with van der Waals surface area (Å²) in [6, 6.07) is 1.87. The van der Waals surface area contributed by atoms with Crippen molar-refractivity contribution in [2.24, 2.45) is 0 Å². The predicted molar refractivity (Wildman–Crippen MR) is 115 cm³/mol. The molecule has 28 heavy (non-hydrogen) atoms. The molecule has 0 bridgehead atoms. The Bertz CT molecular complexity index is 724. The van der Waals surface area contributed by atoms with Gasteiger partial charge in [0.1, 0.15) is 6.04 Å². The summed E-state index contributed by atoms with van der Waals surface area (Å²) in [5.41, 5.74) is 1.79. The zero-order valence-electron chi connectivity index (χ0n) is 18.1. The predicted octanol–water partition coefficient (Wildman–Crippen LogP) is 5.15. The highest BCUT2D eigenvalue weighted by Crippen LogP contribution is 2.30. The Morgan fingerprint density at radius 2 is 2.04 bits per heavy atom. The third-order valence-electron chi connectivity index (χ3n) is 4.09. The Balaban J connectivity index is 0.00000122. The van der Waals surface area contributed by atoms with Gasteiger partial charge in [-0.25, -0.2) is 4.68 Å². The topological polar surface area (TPSA) is 60.0 Å². The van der Waals surface area contributed by atoms with E-state index in [-0.39, 0.29) is 11.6 Å². The molecule has 0 aliphatic heterocycles. The van der Waals surface area contributed by atoms with Crippen LogP contribution in [0.4, 0.5) is 0 Å². The van der Waals surface area contributed by atoms with Crippen molar-refractivity contribution in [3.8, 4) is 0 Å². The first-order valence-corrected chi connectivity index (χ1v) is 9.72. The van der Waals surface area contributed by atoms with Crippen LogP contribution in [0.25, 0.3) is 0 Å². The van der Waals surface area contributed by atoms with Crippen LogP contribution >= 0.6 is 0 Å². The second kappa shape index (κ2) is 11.4. The maximum Gasteiger partial charge on any atom is 0.173 e. The Labute approximate surface area is 169 Å². The minimum atomic E-state index is -0.216. The summed E-state index contributed by atoms with van der Waals surface area (Å²) in [4.78, 5) is 2.34. The molecule has 1 unspecified atom stereocenters. The number of hydrogen-bond acceptors (Lipinski definition) is 5. The maximum atomic E-state index is 5.36. The van der Waals surface area contributed by atoms with Crippen LogP contribution < -0.4 is 0 Å². The number of unbranched alkanes of at least 4 members (excludes halogenated alkanes) is 1. The van der Waals surface area contributed by atoms with Crippen LogP contribution in [-0.2, 0) is 5.54 Å². The molecule has 0 fully saturated rings. The van der Waals surface area contributed by atoms with Crippen LogP contribution in [-0.4, -0.2) is 38.2 Å². The minimum Gasteiger partial charge on any atom is -0.472 e. The summed E-state index contributed by atoms with van der Waals surface area (Å²) in [7, 11) is 0. The number of nitrogens with zero attached hydrogens (tertiary/aromatic N) is 5. The standard InChI is InChI=1S/C19H29N5O.C3H6/c1-7-9-11-23(13-15(3)8-2)17(16-10-12-25-14-16)18-20-21-22-24(18)19(4,5)6;1-3-2/h8,10,12,14,17H,2-3,7,9,11,13H2,1,4-6H3;3H,1H2,2H3. The van der Waals surface area contributed by atoms with Gasteiger partial charge in [0.15, 0.2) is 5.82 Å². The van der Waals surface area contributed by atoms with Crippen molar-refractivity contribution >= 4 is 0 Å².